The topological polar surface area (TPSA) is 0 Å². The average molecular weight is 375 g/mol. The van der Waals surface area contributed by atoms with Crippen LogP contribution in [0.25, 0.3) is 22.3 Å². The van der Waals surface area contributed by atoms with Gasteiger partial charge in [-0.1, -0.05) is 133 Å². The molecule has 0 fully saturated rings. The monoisotopic (exact) mass is 374 g/mol. The zero-order valence-corrected chi connectivity index (χ0v) is 18.7. The fourth-order valence-electron chi connectivity index (χ4n) is 2.64. The van der Waals surface area contributed by atoms with Gasteiger partial charge in [0, 0.05) is 0 Å². The molecule has 3 aromatic rings. The van der Waals surface area contributed by atoms with Crippen LogP contribution in [0.4, 0.5) is 0 Å². The van der Waals surface area contributed by atoms with Crippen molar-refractivity contribution in [3.63, 3.8) is 0 Å². The van der Waals surface area contributed by atoms with E-state index in [0.717, 1.165) is 12.3 Å². The summed E-state index contributed by atoms with van der Waals surface area (Å²) in [5.41, 5.74) is 6.51. The second kappa shape index (κ2) is 13.8. The number of rotatable bonds is 5. The quantitative estimate of drug-likeness (QED) is 0.418. The van der Waals surface area contributed by atoms with Crippen molar-refractivity contribution in [2.75, 3.05) is 0 Å². The molecule has 3 rings (SSSR count). The summed E-state index contributed by atoms with van der Waals surface area (Å²) in [6.45, 7) is 12.9. The zero-order chi connectivity index (χ0) is 20.8. The van der Waals surface area contributed by atoms with Crippen LogP contribution >= 0.6 is 0 Å². The third kappa shape index (κ3) is 8.13. The van der Waals surface area contributed by atoms with E-state index in [0.29, 0.717) is 0 Å². The molecule has 0 spiro atoms. The van der Waals surface area contributed by atoms with Crippen molar-refractivity contribution in [3.05, 3.63) is 84.4 Å². The molecule has 0 amide bonds. The van der Waals surface area contributed by atoms with E-state index in [4.69, 9.17) is 0 Å². The Morgan fingerprint density at radius 2 is 0.929 bits per heavy atom. The zero-order valence-electron chi connectivity index (χ0n) is 18.7. The highest BCUT2D eigenvalue weighted by atomic mass is 14.0. The molecule has 0 aromatic heterocycles. The first-order chi connectivity index (χ1) is 13.6. The van der Waals surface area contributed by atoms with Gasteiger partial charge in [0.1, 0.15) is 0 Å². The summed E-state index contributed by atoms with van der Waals surface area (Å²) < 4.78 is 0. The number of aryl methyl sites for hydroxylation is 1. The molecule has 0 aliphatic heterocycles. The lowest BCUT2D eigenvalue weighted by atomic mass is 9.99. The Hall–Kier alpha value is -2.34. The molecule has 0 heteroatoms. The lowest BCUT2D eigenvalue weighted by Gasteiger charge is -2.06. The van der Waals surface area contributed by atoms with E-state index < -0.39 is 0 Å². The molecule has 0 aliphatic rings. The summed E-state index contributed by atoms with van der Waals surface area (Å²) in [5, 5.41) is 0. The minimum Gasteiger partial charge on any atom is -0.0683 e. The van der Waals surface area contributed by atoms with Crippen LogP contribution in [0.15, 0.2) is 78.9 Å². The van der Waals surface area contributed by atoms with E-state index in [1.54, 1.807) is 0 Å². The van der Waals surface area contributed by atoms with E-state index in [-0.39, 0.29) is 0 Å². The maximum atomic E-state index is 2.24. The highest BCUT2D eigenvalue weighted by molar-refractivity contribution is 5.70. The molecule has 0 heterocycles. The highest BCUT2D eigenvalue weighted by Crippen LogP contribution is 2.25. The van der Waals surface area contributed by atoms with Crippen molar-refractivity contribution in [1.29, 1.82) is 0 Å². The van der Waals surface area contributed by atoms with Gasteiger partial charge in [-0.05, 0) is 40.2 Å². The van der Waals surface area contributed by atoms with Crippen molar-refractivity contribution >= 4 is 0 Å². The maximum Gasteiger partial charge on any atom is -0.0184 e. The number of benzene rings is 3. The Bertz CT molecular complexity index is 734. The van der Waals surface area contributed by atoms with Crippen molar-refractivity contribution in [2.24, 2.45) is 5.92 Å². The smallest absolute Gasteiger partial charge is 0.0184 e. The summed E-state index contributed by atoms with van der Waals surface area (Å²) in [5.74, 6) is 0.884. The van der Waals surface area contributed by atoms with Crippen LogP contribution < -0.4 is 0 Å². The lowest BCUT2D eigenvalue weighted by molar-refractivity contribution is 0.626. The van der Waals surface area contributed by atoms with Crippen molar-refractivity contribution in [1.82, 2.24) is 0 Å². The molecule has 28 heavy (non-hydrogen) atoms. The first-order valence-corrected chi connectivity index (χ1v) is 10.9. The van der Waals surface area contributed by atoms with Crippen LogP contribution in [0.3, 0.4) is 0 Å². The molecular formula is C28H38. The Morgan fingerprint density at radius 1 is 0.571 bits per heavy atom. The number of hydrogen-bond donors (Lipinski definition) is 0. The lowest BCUT2D eigenvalue weighted by Crippen LogP contribution is -1.84. The Kier molecular flexibility index (Phi) is 11.7. The van der Waals surface area contributed by atoms with E-state index in [1.807, 2.05) is 13.8 Å². The van der Waals surface area contributed by atoms with Crippen LogP contribution in [-0.2, 0) is 6.42 Å². The Labute approximate surface area is 173 Å². The van der Waals surface area contributed by atoms with Gasteiger partial charge in [-0.15, -0.1) is 0 Å². The van der Waals surface area contributed by atoms with E-state index in [1.165, 1.54) is 40.7 Å². The molecule has 0 nitrogen and oxygen atoms in total. The molecule has 0 aliphatic carbocycles. The molecule has 0 bridgehead atoms. The summed E-state index contributed by atoms with van der Waals surface area (Å²) in [7, 11) is 0. The molecule has 150 valence electrons. The van der Waals surface area contributed by atoms with Crippen LogP contribution in [0.1, 0.15) is 59.9 Å². The molecule has 3 aromatic carbocycles. The molecule has 0 N–H and O–H groups in total. The van der Waals surface area contributed by atoms with Crippen LogP contribution in [0, 0.1) is 5.92 Å². The van der Waals surface area contributed by atoms with Gasteiger partial charge in [0.2, 0.25) is 0 Å². The number of hydrogen-bond acceptors (Lipinski definition) is 0. The minimum atomic E-state index is 0.884. The molecular weight excluding hydrogens is 336 g/mol. The van der Waals surface area contributed by atoms with Gasteiger partial charge in [-0.3, -0.25) is 0 Å². The van der Waals surface area contributed by atoms with Crippen LogP contribution in [0.2, 0.25) is 0 Å². The van der Waals surface area contributed by atoms with Gasteiger partial charge < -0.3 is 0 Å². The summed E-state index contributed by atoms with van der Waals surface area (Å²) >= 11 is 0. The van der Waals surface area contributed by atoms with Crippen LogP contribution in [0.5, 0.6) is 0 Å². The molecule has 0 saturated carbocycles. The van der Waals surface area contributed by atoms with Gasteiger partial charge >= 0.3 is 0 Å². The predicted molar refractivity (Wildman–Crippen MR) is 128 cm³/mol. The van der Waals surface area contributed by atoms with Crippen molar-refractivity contribution in [3.8, 4) is 22.3 Å². The first kappa shape index (κ1) is 23.7. The minimum absolute atomic E-state index is 0.884. The standard InChI is InChI=1S/C21H20.C5H12.C2H6/c1-2-6-17-9-11-19(12-10-17)21-15-13-20(14-16-21)18-7-4-3-5-8-18;1-4-5(2)3;1-2/h3-5,7-16H,2,6H2,1H3;5H,4H2,1-3H3;1-2H3. The highest BCUT2D eigenvalue weighted by Gasteiger charge is 2.00. The van der Waals surface area contributed by atoms with Crippen molar-refractivity contribution in [2.45, 2.75) is 60.8 Å². The summed E-state index contributed by atoms with van der Waals surface area (Å²) in [6, 6.07) is 28.2. The fraction of sp³-hybridized carbons (Fsp3) is 0.357. The third-order valence-electron chi connectivity index (χ3n) is 4.63. The van der Waals surface area contributed by atoms with Gasteiger partial charge in [0.05, 0.1) is 0 Å². The summed E-state index contributed by atoms with van der Waals surface area (Å²) in [4.78, 5) is 0. The molecule has 0 unspecified atom stereocenters. The second-order valence-corrected chi connectivity index (χ2v) is 7.19. The third-order valence-corrected chi connectivity index (χ3v) is 4.63. The van der Waals surface area contributed by atoms with Crippen LogP contribution in [-0.4, -0.2) is 0 Å². The SMILES string of the molecule is CC.CCC(C)C.CCCc1ccc(-c2ccc(-c3ccccc3)cc2)cc1. The van der Waals surface area contributed by atoms with Gasteiger partial charge in [-0.25, -0.2) is 0 Å². The second-order valence-electron chi connectivity index (χ2n) is 7.19. The summed E-state index contributed by atoms with van der Waals surface area (Å²) in [6.07, 6.45) is 3.67. The fourth-order valence-corrected chi connectivity index (χ4v) is 2.64. The van der Waals surface area contributed by atoms with E-state index >= 15 is 0 Å². The largest absolute Gasteiger partial charge is 0.0683 e. The van der Waals surface area contributed by atoms with Gasteiger partial charge in [-0.2, -0.15) is 0 Å². The van der Waals surface area contributed by atoms with Gasteiger partial charge in [0.25, 0.3) is 0 Å². The first-order valence-electron chi connectivity index (χ1n) is 10.9. The Morgan fingerprint density at radius 3 is 1.29 bits per heavy atom. The molecule has 0 saturated heterocycles. The maximum absolute atomic E-state index is 2.24. The molecule has 0 radical (unpaired) electrons. The predicted octanol–water partition coefficient (Wildman–Crippen LogP) is 9.05. The average Bonchev–Trinajstić information content (AvgIpc) is 2.77. The van der Waals surface area contributed by atoms with E-state index in [2.05, 4.69) is 107 Å². The van der Waals surface area contributed by atoms with Gasteiger partial charge in [0.15, 0.2) is 0 Å². The molecule has 0 atom stereocenters. The van der Waals surface area contributed by atoms with E-state index in [9.17, 15) is 0 Å². The normalized spacial score (nSPS) is 9.82. The van der Waals surface area contributed by atoms with Crippen molar-refractivity contribution < 1.29 is 0 Å². The Balaban J connectivity index is 0.000000490.